The Morgan fingerprint density at radius 3 is 2.42 bits per heavy atom. The van der Waals surface area contributed by atoms with Crippen LogP contribution in [0.15, 0.2) is 29.4 Å². The van der Waals surface area contributed by atoms with Gasteiger partial charge in [0.15, 0.2) is 17.7 Å². The molecule has 346 valence electrons. The van der Waals surface area contributed by atoms with Gasteiger partial charge in [0.2, 0.25) is 5.82 Å². The third-order valence-corrected chi connectivity index (χ3v) is 13.0. The average molecular weight is 895 g/mol. The number of Topliss-reactive ketones (excluding diaryl/α,β-unsaturated/α-hetero) is 1. The maximum absolute atomic E-state index is 17.0. The molecule has 18 nitrogen and oxygen atoms in total. The number of nitrogens with zero attached hydrogens (tertiary/aromatic N) is 7. The number of carbonyl (C=O) groups is 3. The molecule has 0 saturated carbocycles. The largest absolute Gasteiger partial charge is 0.455 e. The van der Waals surface area contributed by atoms with Crippen LogP contribution in [0, 0.1) is 17.8 Å². The number of fused-ring (bicyclic) bond motifs is 1. The zero-order chi connectivity index (χ0) is 45.9. The van der Waals surface area contributed by atoms with Crippen LogP contribution < -0.4 is 5.43 Å². The summed E-state index contributed by atoms with van der Waals surface area (Å²) in [4.78, 5) is 51.1. The first-order valence-electron chi connectivity index (χ1n) is 21.2. The van der Waals surface area contributed by atoms with Crippen molar-refractivity contribution in [3.8, 4) is 11.4 Å². The van der Waals surface area contributed by atoms with Crippen LogP contribution in [0.25, 0.3) is 11.4 Å². The third kappa shape index (κ3) is 9.93. The molecule has 3 fully saturated rings. The van der Waals surface area contributed by atoms with Gasteiger partial charge in [0, 0.05) is 43.0 Å². The van der Waals surface area contributed by atoms with Crippen molar-refractivity contribution >= 4 is 35.2 Å². The first-order valence-corrected chi connectivity index (χ1v) is 21.6. The van der Waals surface area contributed by atoms with E-state index in [1.807, 2.05) is 51.9 Å². The van der Waals surface area contributed by atoms with E-state index in [1.54, 1.807) is 32.9 Å². The number of aromatic nitrogens is 4. The van der Waals surface area contributed by atoms with E-state index in [2.05, 4.69) is 26.0 Å². The lowest BCUT2D eigenvalue weighted by molar-refractivity contribution is -0.295. The summed E-state index contributed by atoms with van der Waals surface area (Å²) < 4.78 is 47.9. The fraction of sp³-hybridized carbons (Fsp3) is 0.738. The summed E-state index contributed by atoms with van der Waals surface area (Å²) in [5.74, 6) is -4.74. The molecular formula is C42H64ClFN8O10. The van der Waals surface area contributed by atoms with Gasteiger partial charge < -0.3 is 38.5 Å². The van der Waals surface area contributed by atoms with E-state index < -0.39 is 83.1 Å². The van der Waals surface area contributed by atoms with E-state index in [9.17, 15) is 19.5 Å². The van der Waals surface area contributed by atoms with Crippen molar-refractivity contribution in [2.24, 2.45) is 22.9 Å². The number of ketones is 1. The lowest BCUT2D eigenvalue weighted by Crippen LogP contribution is -2.62. The van der Waals surface area contributed by atoms with Crippen LogP contribution in [0.5, 0.6) is 0 Å². The van der Waals surface area contributed by atoms with Gasteiger partial charge in [0.05, 0.1) is 35.1 Å². The quantitative estimate of drug-likeness (QED) is 0.129. The van der Waals surface area contributed by atoms with Crippen molar-refractivity contribution in [3.05, 3.63) is 29.3 Å². The highest BCUT2D eigenvalue weighted by Crippen LogP contribution is 2.43. The summed E-state index contributed by atoms with van der Waals surface area (Å²) in [6, 6.07) is 5.88. The molecule has 4 heterocycles. The van der Waals surface area contributed by atoms with E-state index in [0.717, 1.165) is 6.92 Å². The van der Waals surface area contributed by atoms with Gasteiger partial charge in [-0.1, -0.05) is 56.6 Å². The van der Waals surface area contributed by atoms with Gasteiger partial charge in [-0.15, -0.1) is 10.2 Å². The number of carbonyl (C=O) groups excluding carboxylic acids is 3. The number of halogens is 2. The molecule has 2 aromatic rings. The number of esters is 1. The number of hydrazine groups is 1. The predicted octanol–water partition coefficient (Wildman–Crippen LogP) is 4.62. The number of hydrogen-bond donors (Lipinski definition) is 2. The number of likely N-dealkylation sites (N-methyl/N-ethyl adjacent to an activating group) is 1. The maximum atomic E-state index is 17.0. The molecule has 2 N–H and O–H groups in total. The number of hydrogen-bond acceptors (Lipinski definition) is 16. The highest BCUT2D eigenvalue weighted by Gasteiger charge is 2.62. The summed E-state index contributed by atoms with van der Waals surface area (Å²) in [5, 5.41) is 30.6. The fourth-order valence-corrected chi connectivity index (χ4v) is 9.55. The van der Waals surface area contributed by atoms with Crippen LogP contribution in [-0.4, -0.2) is 153 Å². The maximum Gasteiger partial charge on any atom is 0.425 e. The van der Waals surface area contributed by atoms with Crippen molar-refractivity contribution in [1.29, 1.82) is 0 Å². The molecule has 0 bridgehead atoms. The van der Waals surface area contributed by atoms with Gasteiger partial charge >= 0.3 is 12.1 Å². The Hall–Kier alpha value is -3.85. The zero-order valence-corrected chi connectivity index (χ0v) is 38.6. The normalized spacial score (nSPS) is 36.9. The van der Waals surface area contributed by atoms with Crippen LogP contribution >= 0.6 is 11.6 Å². The Morgan fingerprint density at radius 1 is 1.10 bits per heavy atom. The number of ether oxygens (including phenoxy) is 5. The third-order valence-electron chi connectivity index (χ3n) is 12.7. The number of alkyl halides is 1. The van der Waals surface area contributed by atoms with Crippen LogP contribution in [0.1, 0.15) is 81.1 Å². The highest BCUT2D eigenvalue weighted by molar-refractivity contribution is 6.33. The Kier molecular flexibility index (Phi) is 15.8. The van der Waals surface area contributed by atoms with E-state index in [4.69, 9.17) is 40.1 Å². The number of cyclic esters (lactones) is 1. The van der Waals surface area contributed by atoms with Crippen LogP contribution in [0.4, 0.5) is 9.18 Å². The predicted molar refractivity (Wildman–Crippen MR) is 225 cm³/mol. The summed E-state index contributed by atoms with van der Waals surface area (Å²) in [6.45, 7) is 13.5. The molecule has 20 heteroatoms. The Bertz CT molecular complexity index is 1920. The molecule has 5 rings (SSSR count). The van der Waals surface area contributed by atoms with E-state index >= 15 is 4.39 Å². The van der Waals surface area contributed by atoms with Gasteiger partial charge in [0.1, 0.15) is 25.4 Å². The second-order valence-corrected chi connectivity index (χ2v) is 17.9. The summed E-state index contributed by atoms with van der Waals surface area (Å²) >= 11 is 6.33. The lowest BCUT2D eigenvalue weighted by atomic mass is 9.73. The summed E-state index contributed by atoms with van der Waals surface area (Å²) in [6.07, 6.45) is -4.86. The van der Waals surface area contributed by atoms with Gasteiger partial charge in [-0.3, -0.25) is 4.79 Å². The number of aliphatic hydroxyl groups excluding tert-OH is 1. The lowest BCUT2D eigenvalue weighted by Gasteiger charge is -2.47. The Morgan fingerprint density at radius 2 is 1.79 bits per heavy atom. The van der Waals surface area contributed by atoms with Crippen molar-refractivity contribution in [2.75, 3.05) is 34.9 Å². The zero-order valence-electron chi connectivity index (χ0n) is 37.8. The van der Waals surface area contributed by atoms with Crippen molar-refractivity contribution < 1.29 is 52.4 Å². The number of amides is 1. The average Bonchev–Trinajstić information content (AvgIpc) is 3.80. The van der Waals surface area contributed by atoms with Crippen LogP contribution in [0.3, 0.4) is 0 Å². The molecule has 0 spiro atoms. The fourth-order valence-electron chi connectivity index (χ4n) is 9.33. The molecule has 1 aromatic carbocycles. The number of nitrogens with one attached hydrogen (secondary N) is 1. The molecule has 13 atom stereocenters. The molecule has 3 aliphatic rings. The second-order valence-electron chi connectivity index (χ2n) is 17.5. The monoisotopic (exact) mass is 894 g/mol. The van der Waals surface area contributed by atoms with Crippen molar-refractivity contribution in [3.63, 3.8) is 0 Å². The Balaban J connectivity index is 1.50. The first kappa shape index (κ1) is 49.2. The summed E-state index contributed by atoms with van der Waals surface area (Å²) in [7, 11) is 6.51. The second kappa shape index (κ2) is 19.9. The number of oxime groups is 1. The standard InChI is InChI=1S/C42H64ClFN8O10/c1-13-30-42(8)33(52(39(56)62-42)45-19-16-20-51-47-36(46-49-51)27-17-14-15-18-28(27)43)25(4)31(48-58-12)23(2)22-40(6,57-11)35(26(5)34(54)41(7,44)38(55)60-30)61-37-32(53)29(50(9)10)21-24(3)59-37/h14-15,17-18,23-26,29-30,32-33,35,37,45,53H,13,16,19-22H2,1-12H3/b48-31+/t23-,24-,25+,26?,29+,30-,32?,33-,35-,37+,40-,41+,42-/m1/s1. The molecule has 3 saturated heterocycles. The Labute approximate surface area is 368 Å². The number of rotatable bonds is 12. The molecule has 2 unspecified atom stereocenters. The van der Waals surface area contributed by atoms with Gasteiger partial charge in [-0.2, -0.15) is 4.80 Å². The molecule has 0 radical (unpaired) electrons. The molecule has 62 heavy (non-hydrogen) atoms. The molecular weight excluding hydrogens is 831 g/mol. The number of aliphatic hydroxyl groups is 1. The number of benzene rings is 1. The minimum Gasteiger partial charge on any atom is -0.455 e. The van der Waals surface area contributed by atoms with Crippen LogP contribution in [-0.2, 0) is 44.7 Å². The summed E-state index contributed by atoms with van der Waals surface area (Å²) in [5.41, 5.74) is -1.87. The number of aryl methyl sites for hydroxylation is 1. The molecule has 1 aromatic heterocycles. The minimum atomic E-state index is -3.19. The first-order chi connectivity index (χ1) is 29.1. The molecule has 0 aliphatic carbocycles. The topological polar surface area (TPSA) is 201 Å². The molecule has 3 aliphatic heterocycles. The SMILES string of the molecule is CC[C@H]1OC(=O)[C@@](C)(F)C(=O)C(C)[C@@H](O[C@@H]2O[C@H](C)C[C@H](N(C)C)C2O)[C@](C)(OC)C[C@@H](C)/C(=N\OC)[C@H](C)[C@H]2N(NCCCn3nnc(-c4ccccc4Cl)n3)C(=O)O[C@]12C. The van der Waals surface area contributed by atoms with Crippen molar-refractivity contribution in [1.82, 2.24) is 35.5 Å². The number of methoxy groups -OCH3 is 1. The van der Waals surface area contributed by atoms with Gasteiger partial charge in [-0.05, 0) is 84.8 Å². The van der Waals surface area contributed by atoms with E-state index in [-0.39, 0.29) is 31.5 Å². The van der Waals surface area contributed by atoms with E-state index in [1.165, 1.54) is 30.9 Å². The van der Waals surface area contributed by atoms with E-state index in [0.29, 0.717) is 41.5 Å². The van der Waals surface area contributed by atoms with Gasteiger partial charge in [0.25, 0.3) is 5.67 Å². The van der Waals surface area contributed by atoms with Gasteiger partial charge in [-0.25, -0.2) is 24.4 Å². The van der Waals surface area contributed by atoms with Crippen LogP contribution in [0.2, 0.25) is 5.02 Å². The van der Waals surface area contributed by atoms with Crippen molar-refractivity contribution in [2.45, 2.75) is 147 Å². The highest BCUT2D eigenvalue weighted by atomic mass is 35.5. The molecule has 1 amide bonds. The smallest absolute Gasteiger partial charge is 0.425 e. The minimum absolute atomic E-state index is 0.0834. The number of tetrazole rings is 1.